The first-order chi connectivity index (χ1) is 12.5. The van der Waals surface area contributed by atoms with Crippen LogP contribution in [-0.2, 0) is 22.8 Å². The Kier molecular flexibility index (Phi) is 16.0. The predicted octanol–water partition coefficient (Wildman–Crippen LogP) is 5.27. The van der Waals surface area contributed by atoms with Gasteiger partial charge in [-0.05, 0) is 26.2 Å². The first-order valence-corrected chi connectivity index (χ1v) is 12.0. The molecule has 26 heavy (non-hydrogen) atoms. The van der Waals surface area contributed by atoms with Gasteiger partial charge in [0.25, 0.3) is 0 Å². The monoisotopic (exact) mass is 388 g/mol. The molecule has 5 nitrogen and oxygen atoms in total. The van der Waals surface area contributed by atoms with E-state index in [9.17, 15) is 4.79 Å². The van der Waals surface area contributed by atoms with Crippen LogP contribution in [0.3, 0.4) is 0 Å². The van der Waals surface area contributed by atoms with Crippen molar-refractivity contribution in [2.45, 2.75) is 84.1 Å². The summed E-state index contributed by atoms with van der Waals surface area (Å²) in [6, 6.07) is 0.861. The van der Waals surface area contributed by atoms with Gasteiger partial charge in [-0.15, -0.1) is 0 Å². The van der Waals surface area contributed by atoms with Crippen molar-refractivity contribution in [2.75, 3.05) is 27.4 Å². The summed E-state index contributed by atoms with van der Waals surface area (Å²) in [5.41, 5.74) is 0.428. The van der Waals surface area contributed by atoms with Gasteiger partial charge in [0.05, 0.1) is 6.61 Å². The van der Waals surface area contributed by atoms with Crippen LogP contribution in [0.5, 0.6) is 0 Å². The van der Waals surface area contributed by atoms with Crippen molar-refractivity contribution in [1.29, 1.82) is 0 Å². The molecule has 0 aliphatic carbocycles. The lowest BCUT2D eigenvalue weighted by Crippen LogP contribution is -2.44. The topological polar surface area (TPSA) is 54.0 Å². The van der Waals surface area contributed by atoms with Crippen LogP contribution < -0.4 is 0 Å². The first-order valence-electron chi connectivity index (χ1n) is 10.1. The van der Waals surface area contributed by atoms with E-state index in [0.717, 1.165) is 25.3 Å². The lowest BCUT2D eigenvalue weighted by molar-refractivity contribution is -0.139. The normalized spacial score (nSPS) is 11.5. The van der Waals surface area contributed by atoms with E-state index in [-0.39, 0.29) is 5.97 Å². The Balaban J connectivity index is 3.84. The lowest BCUT2D eigenvalue weighted by Gasteiger charge is -2.26. The largest absolute Gasteiger partial charge is 0.500 e. The van der Waals surface area contributed by atoms with Crippen LogP contribution in [0, 0.1) is 0 Å². The Morgan fingerprint density at radius 2 is 1.38 bits per heavy atom. The van der Waals surface area contributed by atoms with Crippen LogP contribution in [0.25, 0.3) is 0 Å². The highest BCUT2D eigenvalue weighted by molar-refractivity contribution is 6.60. The van der Waals surface area contributed by atoms with Crippen LogP contribution >= 0.6 is 0 Å². The number of ether oxygens (including phenoxy) is 1. The average Bonchev–Trinajstić information content (AvgIpc) is 2.64. The fraction of sp³-hybridized carbons (Fsp3) is 0.850. The minimum Gasteiger partial charge on any atom is -0.462 e. The van der Waals surface area contributed by atoms with E-state index >= 15 is 0 Å². The second kappa shape index (κ2) is 16.5. The molecule has 0 radical (unpaired) electrons. The van der Waals surface area contributed by atoms with Crippen molar-refractivity contribution >= 4 is 14.8 Å². The third kappa shape index (κ3) is 12.6. The van der Waals surface area contributed by atoms with Crippen LogP contribution in [-0.4, -0.2) is 42.2 Å². The summed E-state index contributed by atoms with van der Waals surface area (Å²) in [6.45, 7) is 8.40. The Bertz CT molecular complexity index is 369. The molecule has 6 heteroatoms. The molecule has 0 aliphatic rings. The van der Waals surface area contributed by atoms with Crippen molar-refractivity contribution in [3.05, 3.63) is 12.2 Å². The van der Waals surface area contributed by atoms with Gasteiger partial charge >= 0.3 is 14.8 Å². The SMILES string of the molecule is C=C(C)C(=O)OCCCCO[Si](CCCCCCCCCC)(OC)OC. The molecule has 0 bridgehead atoms. The van der Waals surface area contributed by atoms with Crippen molar-refractivity contribution in [1.82, 2.24) is 0 Å². The summed E-state index contributed by atoms with van der Waals surface area (Å²) in [4.78, 5) is 11.3. The molecule has 0 aromatic rings. The van der Waals surface area contributed by atoms with Gasteiger partial charge in [0, 0.05) is 32.4 Å². The maximum Gasteiger partial charge on any atom is 0.500 e. The number of hydrogen-bond donors (Lipinski definition) is 0. The Hall–Kier alpha value is -0.693. The van der Waals surface area contributed by atoms with Gasteiger partial charge in [-0.1, -0.05) is 58.4 Å². The van der Waals surface area contributed by atoms with Gasteiger partial charge in [-0.2, -0.15) is 0 Å². The quantitative estimate of drug-likeness (QED) is 0.138. The van der Waals surface area contributed by atoms with Crippen LogP contribution in [0.4, 0.5) is 0 Å². The number of esters is 1. The van der Waals surface area contributed by atoms with E-state index in [2.05, 4.69) is 13.5 Å². The molecule has 0 heterocycles. The Morgan fingerprint density at radius 1 is 0.846 bits per heavy atom. The molecule has 0 aliphatic heterocycles. The standard InChI is InChI=1S/C20H40O5Si/c1-6-7-8-9-10-11-12-15-18-26(22-4,23-5)25-17-14-13-16-24-20(21)19(2)3/h2,6-18H2,1,3-5H3. The summed E-state index contributed by atoms with van der Waals surface area (Å²) in [5.74, 6) is -0.335. The molecule has 0 saturated carbocycles. The Morgan fingerprint density at radius 3 is 1.92 bits per heavy atom. The molecule has 0 amide bonds. The predicted molar refractivity (Wildman–Crippen MR) is 108 cm³/mol. The number of carbonyl (C=O) groups excluding carboxylic acids is 1. The second-order valence-electron chi connectivity index (χ2n) is 6.79. The third-order valence-corrected chi connectivity index (χ3v) is 7.25. The van der Waals surface area contributed by atoms with Crippen molar-refractivity contribution in [2.24, 2.45) is 0 Å². The maximum atomic E-state index is 11.3. The fourth-order valence-electron chi connectivity index (χ4n) is 2.67. The van der Waals surface area contributed by atoms with Gasteiger partial charge in [0.15, 0.2) is 0 Å². The summed E-state index contributed by atoms with van der Waals surface area (Å²) in [7, 11) is 0.805. The van der Waals surface area contributed by atoms with E-state index in [1.165, 1.54) is 44.9 Å². The molecule has 0 fully saturated rings. The zero-order valence-electron chi connectivity index (χ0n) is 17.4. The molecule has 0 unspecified atom stereocenters. The zero-order chi connectivity index (χ0) is 19.7. The molecule has 0 N–H and O–H groups in total. The van der Waals surface area contributed by atoms with Crippen LogP contribution in [0.2, 0.25) is 6.04 Å². The van der Waals surface area contributed by atoms with Crippen LogP contribution in [0.1, 0.15) is 78.1 Å². The van der Waals surface area contributed by atoms with Gasteiger partial charge in [0.1, 0.15) is 0 Å². The second-order valence-corrected chi connectivity index (χ2v) is 9.76. The minimum absolute atomic E-state index is 0.335. The number of rotatable bonds is 18. The molecule has 0 rings (SSSR count). The lowest BCUT2D eigenvalue weighted by atomic mass is 10.1. The smallest absolute Gasteiger partial charge is 0.462 e. The summed E-state index contributed by atoms with van der Waals surface area (Å²) in [5, 5.41) is 0. The summed E-state index contributed by atoms with van der Waals surface area (Å²) < 4.78 is 22.3. The molecular weight excluding hydrogens is 348 g/mol. The maximum absolute atomic E-state index is 11.3. The van der Waals surface area contributed by atoms with E-state index in [4.69, 9.17) is 18.0 Å². The van der Waals surface area contributed by atoms with Gasteiger partial charge in [-0.3, -0.25) is 0 Å². The van der Waals surface area contributed by atoms with Crippen molar-refractivity contribution < 1.29 is 22.8 Å². The summed E-state index contributed by atoms with van der Waals surface area (Å²) >= 11 is 0. The summed E-state index contributed by atoms with van der Waals surface area (Å²) in [6.07, 6.45) is 11.8. The van der Waals surface area contributed by atoms with Crippen molar-refractivity contribution in [3.8, 4) is 0 Å². The minimum atomic E-state index is -2.55. The van der Waals surface area contributed by atoms with Gasteiger partial charge in [-0.25, -0.2) is 4.79 Å². The average molecular weight is 389 g/mol. The molecule has 0 aromatic carbocycles. The number of hydrogen-bond acceptors (Lipinski definition) is 5. The van der Waals surface area contributed by atoms with Gasteiger partial charge < -0.3 is 18.0 Å². The highest BCUT2D eigenvalue weighted by Gasteiger charge is 2.38. The van der Waals surface area contributed by atoms with Crippen molar-refractivity contribution in [3.63, 3.8) is 0 Å². The third-order valence-electron chi connectivity index (χ3n) is 4.40. The van der Waals surface area contributed by atoms with E-state index in [0.29, 0.717) is 18.8 Å². The molecular formula is C20H40O5Si. The number of unbranched alkanes of at least 4 members (excludes halogenated alkanes) is 8. The van der Waals surface area contributed by atoms with E-state index in [1.54, 1.807) is 21.1 Å². The highest BCUT2D eigenvalue weighted by atomic mass is 28.4. The first kappa shape index (κ1) is 25.3. The molecule has 0 saturated heterocycles. The molecule has 154 valence electrons. The molecule has 0 atom stereocenters. The van der Waals surface area contributed by atoms with Gasteiger partial charge in [0.2, 0.25) is 0 Å². The van der Waals surface area contributed by atoms with Crippen LogP contribution in [0.15, 0.2) is 12.2 Å². The Labute approximate surface area is 161 Å². The van der Waals surface area contributed by atoms with E-state index < -0.39 is 8.80 Å². The van der Waals surface area contributed by atoms with E-state index in [1.807, 2.05) is 0 Å². The fourth-order valence-corrected chi connectivity index (χ4v) is 4.77. The molecule has 0 spiro atoms. The zero-order valence-corrected chi connectivity index (χ0v) is 18.4. The highest BCUT2D eigenvalue weighted by Crippen LogP contribution is 2.20. The number of carbonyl (C=O) groups is 1. The molecule has 0 aromatic heterocycles.